The van der Waals surface area contributed by atoms with Crippen LogP contribution in [0.5, 0.6) is 0 Å². The van der Waals surface area contributed by atoms with Gasteiger partial charge in [-0.1, -0.05) is 28.1 Å². The maximum absolute atomic E-state index is 4.41. The summed E-state index contributed by atoms with van der Waals surface area (Å²) in [6, 6.07) is 10.8. The van der Waals surface area contributed by atoms with Gasteiger partial charge < -0.3 is 5.32 Å². The van der Waals surface area contributed by atoms with Crippen molar-refractivity contribution in [3.8, 4) is 0 Å². The third-order valence-electron chi connectivity index (χ3n) is 2.80. The summed E-state index contributed by atoms with van der Waals surface area (Å²) in [5.74, 6) is 0. The standard InChI is InChI=1S/C13H16BrN3/c1-15-13(9-12-7-8-17(2)16-12)10-3-5-11(14)6-4-10/h3-8,13,15H,9H2,1-2H3. The lowest BCUT2D eigenvalue weighted by Crippen LogP contribution is -2.19. The summed E-state index contributed by atoms with van der Waals surface area (Å²) in [6.45, 7) is 0. The van der Waals surface area contributed by atoms with Crippen molar-refractivity contribution in [2.45, 2.75) is 12.5 Å². The van der Waals surface area contributed by atoms with E-state index in [0.717, 1.165) is 16.6 Å². The van der Waals surface area contributed by atoms with Gasteiger partial charge in [0.15, 0.2) is 0 Å². The quantitative estimate of drug-likeness (QED) is 0.939. The first-order chi connectivity index (χ1) is 8.19. The number of halogens is 1. The monoisotopic (exact) mass is 293 g/mol. The summed E-state index contributed by atoms with van der Waals surface area (Å²) in [5, 5.41) is 7.74. The van der Waals surface area contributed by atoms with Gasteiger partial charge in [-0.2, -0.15) is 5.10 Å². The molecule has 0 fully saturated rings. The zero-order valence-corrected chi connectivity index (χ0v) is 11.6. The zero-order chi connectivity index (χ0) is 12.3. The second kappa shape index (κ2) is 5.47. The molecule has 3 nitrogen and oxygen atoms in total. The predicted molar refractivity (Wildman–Crippen MR) is 72.9 cm³/mol. The normalized spacial score (nSPS) is 12.6. The van der Waals surface area contributed by atoms with E-state index in [0.29, 0.717) is 6.04 Å². The van der Waals surface area contributed by atoms with Crippen LogP contribution >= 0.6 is 15.9 Å². The summed E-state index contributed by atoms with van der Waals surface area (Å²) >= 11 is 3.45. The molecule has 1 atom stereocenters. The Bertz CT molecular complexity index is 476. The number of nitrogens with one attached hydrogen (secondary N) is 1. The van der Waals surface area contributed by atoms with Crippen LogP contribution in [-0.4, -0.2) is 16.8 Å². The molecule has 4 heteroatoms. The number of nitrogens with zero attached hydrogens (tertiary/aromatic N) is 2. The molecule has 90 valence electrons. The van der Waals surface area contributed by atoms with Gasteiger partial charge in [-0.15, -0.1) is 0 Å². The maximum Gasteiger partial charge on any atom is 0.0643 e. The average Bonchev–Trinajstić information content (AvgIpc) is 2.73. The Morgan fingerprint density at radius 1 is 1.29 bits per heavy atom. The van der Waals surface area contributed by atoms with Crippen molar-refractivity contribution < 1.29 is 0 Å². The molecule has 0 aliphatic carbocycles. The molecule has 1 N–H and O–H groups in total. The van der Waals surface area contributed by atoms with Gasteiger partial charge in [-0.25, -0.2) is 0 Å². The van der Waals surface area contributed by atoms with Crippen LogP contribution < -0.4 is 5.32 Å². The van der Waals surface area contributed by atoms with Crippen molar-refractivity contribution in [2.75, 3.05) is 7.05 Å². The van der Waals surface area contributed by atoms with Crippen LogP contribution in [0.2, 0.25) is 0 Å². The third kappa shape index (κ3) is 3.17. The van der Waals surface area contributed by atoms with Crippen LogP contribution in [0.4, 0.5) is 0 Å². The largest absolute Gasteiger partial charge is 0.313 e. The molecule has 0 spiro atoms. The molecule has 1 heterocycles. The van der Waals surface area contributed by atoms with Gasteiger partial charge in [0.2, 0.25) is 0 Å². The van der Waals surface area contributed by atoms with Crippen LogP contribution in [0.1, 0.15) is 17.3 Å². The van der Waals surface area contributed by atoms with E-state index in [-0.39, 0.29) is 0 Å². The van der Waals surface area contributed by atoms with Crippen molar-refractivity contribution >= 4 is 15.9 Å². The van der Waals surface area contributed by atoms with Crippen molar-refractivity contribution in [1.29, 1.82) is 0 Å². The fourth-order valence-corrected chi connectivity index (χ4v) is 2.13. The molecule has 0 amide bonds. The lowest BCUT2D eigenvalue weighted by molar-refractivity contribution is 0.577. The minimum Gasteiger partial charge on any atom is -0.313 e. The van der Waals surface area contributed by atoms with Crippen LogP contribution in [-0.2, 0) is 13.5 Å². The fourth-order valence-electron chi connectivity index (χ4n) is 1.86. The predicted octanol–water partition coefficient (Wildman–Crippen LogP) is 2.69. The van der Waals surface area contributed by atoms with Crippen LogP contribution in [0.3, 0.4) is 0 Å². The Kier molecular flexibility index (Phi) is 3.97. The summed E-state index contributed by atoms with van der Waals surface area (Å²) in [7, 11) is 3.92. The lowest BCUT2D eigenvalue weighted by Gasteiger charge is -2.15. The molecule has 0 bridgehead atoms. The van der Waals surface area contributed by atoms with E-state index in [9.17, 15) is 0 Å². The number of benzene rings is 1. The van der Waals surface area contributed by atoms with Crippen LogP contribution in [0, 0.1) is 0 Å². The number of aromatic nitrogens is 2. The number of hydrogen-bond acceptors (Lipinski definition) is 2. The Morgan fingerprint density at radius 2 is 2.00 bits per heavy atom. The molecule has 0 saturated heterocycles. The van der Waals surface area contributed by atoms with Crippen molar-refractivity contribution in [3.05, 3.63) is 52.3 Å². The molecule has 0 aliphatic rings. The first-order valence-corrected chi connectivity index (χ1v) is 6.39. The van der Waals surface area contributed by atoms with Crippen LogP contribution in [0.25, 0.3) is 0 Å². The molecule has 1 aromatic carbocycles. The van der Waals surface area contributed by atoms with Gasteiger partial charge in [0.05, 0.1) is 5.69 Å². The zero-order valence-electron chi connectivity index (χ0n) is 10.0. The third-order valence-corrected chi connectivity index (χ3v) is 3.33. The first-order valence-electron chi connectivity index (χ1n) is 5.60. The SMILES string of the molecule is CNC(Cc1ccn(C)n1)c1ccc(Br)cc1. The van der Waals surface area contributed by atoms with E-state index in [1.54, 1.807) is 0 Å². The average molecular weight is 294 g/mol. The Hall–Kier alpha value is -1.13. The van der Waals surface area contributed by atoms with E-state index in [4.69, 9.17) is 0 Å². The van der Waals surface area contributed by atoms with E-state index >= 15 is 0 Å². The van der Waals surface area contributed by atoms with Crippen molar-refractivity contribution in [2.24, 2.45) is 7.05 Å². The molecule has 2 rings (SSSR count). The van der Waals surface area contributed by atoms with E-state index in [1.165, 1.54) is 5.56 Å². The molecule has 17 heavy (non-hydrogen) atoms. The highest BCUT2D eigenvalue weighted by Gasteiger charge is 2.11. The molecule has 0 aliphatic heterocycles. The molecule has 0 radical (unpaired) electrons. The van der Waals surface area contributed by atoms with Gasteiger partial charge in [-0.05, 0) is 30.8 Å². The molecule has 1 unspecified atom stereocenters. The van der Waals surface area contributed by atoms with E-state index in [2.05, 4.69) is 56.7 Å². The van der Waals surface area contributed by atoms with Crippen molar-refractivity contribution in [1.82, 2.24) is 15.1 Å². The maximum atomic E-state index is 4.41. The fraction of sp³-hybridized carbons (Fsp3) is 0.308. The number of likely N-dealkylation sites (N-methyl/N-ethyl adjacent to an activating group) is 1. The highest BCUT2D eigenvalue weighted by molar-refractivity contribution is 9.10. The highest BCUT2D eigenvalue weighted by atomic mass is 79.9. The summed E-state index contributed by atoms with van der Waals surface area (Å²) in [6.07, 6.45) is 2.88. The van der Waals surface area contributed by atoms with Crippen molar-refractivity contribution in [3.63, 3.8) is 0 Å². The van der Waals surface area contributed by atoms with Gasteiger partial charge in [-0.3, -0.25) is 4.68 Å². The van der Waals surface area contributed by atoms with E-state index in [1.807, 2.05) is 25.0 Å². The van der Waals surface area contributed by atoms with Crippen LogP contribution in [0.15, 0.2) is 41.0 Å². The Labute approximate surface area is 110 Å². The highest BCUT2D eigenvalue weighted by Crippen LogP contribution is 2.19. The van der Waals surface area contributed by atoms with Gasteiger partial charge in [0, 0.05) is 30.2 Å². The lowest BCUT2D eigenvalue weighted by atomic mass is 10.0. The van der Waals surface area contributed by atoms with Gasteiger partial charge in [0.25, 0.3) is 0 Å². The number of hydrogen-bond donors (Lipinski definition) is 1. The first kappa shape index (κ1) is 12.3. The van der Waals surface area contributed by atoms with E-state index < -0.39 is 0 Å². The molecule has 2 aromatic rings. The summed E-state index contributed by atoms with van der Waals surface area (Å²) in [4.78, 5) is 0. The number of rotatable bonds is 4. The molecule has 1 aromatic heterocycles. The second-order valence-corrected chi connectivity index (χ2v) is 4.99. The minimum absolute atomic E-state index is 0.304. The van der Waals surface area contributed by atoms with Gasteiger partial charge >= 0.3 is 0 Å². The smallest absolute Gasteiger partial charge is 0.0643 e. The summed E-state index contributed by atoms with van der Waals surface area (Å²) in [5.41, 5.74) is 2.39. The molecular weight excluding hydrogens is 278 g/mol. The number of aryl methyl sites for hydroxylation is 1. The Morgan fingerprint density at radius 3 is 2.53 bits per heavy atom. The molecule has 0 saturated carbocycles. The van der Waals surface area contributed by atoms with Gasteiger partial charge in [0.1, 0.15) is 0 Å². The Balaban J connectivity index is 2.13. The molecular formula is C13H16BrN3. The summed E-state index contributed by atoms with van der Waals surface area (Å²) < 4.78 is 2.94. The minimum atomic E-state index is 0.304. The second-order valence-electron chi connectivity index (χ2n) is 4.08. The topological polar surface area (TPSA) is 29.9 Å².